The maximum atomic E-state index is 3.94. The number of hydrogen-bond donors (Lipinski definition) is 1. The molecule has 0 aromatic rings. The normalized spacial score (nSPS) is 40.7. The minimum atomic E-state index is 0.690. The highest BCUT2D eigenvalue weighted by Crippen LogP contribution is 2.29. The number of nitrogens with zero attached hydrogens (tertiary/aromatic N) is 1. The predicted octanol–water partition coefficient (Wildman–Crippen LogP) is 3.13. The average molecular weight is 252 g/mol. The molecule has 0 radical (unpaired) electrons. The topological polar surface area (TPSA) is 15.3 Å². The fourth-order valence-electron chi connectivity index (χ4n) is 4.21. The maximum absolute atomic E-state index is 3.94. The number of rotatable bonds is 3. The van der Waals surface area contributed by atoms with Gasteiger partial charge in [-0.05, 0) is 70.4 Å². The molecule has 0 bridgehead atoms. The molecule has 18 heavy (non-hydrogen) atoms. The third-order valence-corrected chi connectivity index (χ3v) is 5.05. The van der Waals surface area contributed by atoms with Crippen molar-refractivity contribution in [1.82, 2.24) is 10.2 Å². The number of hydrogen-bond acceptors (Lipinski definition) is 2. The molecule has 4 unspecified atom stereocenters. The maximum Gasteiger partial charge on any atom is 0.00818 e. The molecule has 0 spiro atoms. The van der Waals surface area contributed by atoms with Gasteiger partial charge in [0.05, 0.1) is 0 Å². The highest BCUT2D eigenvalue weighted by Gasteiger charge is 2.28. The van der Waals surface area contributed by atoms with Crippen LogP contribution in [0.5, 0.6) is 0 Å². The van der Waals surface area contributed by atoms with Gasteiger partial charge in [-0.2, -0.15) is 0 Å². The van der Waals surface area contributed by atoms with Crippen LogP contribution in [0.3, 0.4) is 0 Å². The second-order valence-corrected chi connectivity index (χ2v) is 7.23. The monoisotopic (exact) mass is 252 g/mol. The predicted molar refractivity (Wildman–Crippen MR) is 78.8 cm³/mol. The Morgan fingerprint density at radius 2 is 1.78 bits per heavy atom. The molecule has 1 saturated carbocycles. The van der Waals surface area contributed by atoms with Crippen molar-refractivity contribution in [1.29, 1.82) is 0 Å². The Kier molecular flexibility index (Phi) is 5.08. The van der Waals surface area contributed by atoms with Gasteiger partial charge in [-0.25, -0.2) is 0 Å². The van der Waals surface area contributed by atoms with E-state index >= 15 is 0 Å². The zero-order chi connectivity index (χ0) is 13.1. The van der Waals surface area contributed by atoms with Crippen LogP contribution in [0.2, 0.25) is 0 Å². The highest BCUT2D eigenvalue weighted by molar-refractivity contribution is 4.85. The molecule has 2 aliphatic rings. The van der Waals surface area contributed by atoms with Crippen molar-refractivity contribution in [2.24, 2.45) is 17.8 Å². The largest absolute Gasteiger partial charge is 0.311 e. The van der Waals surface area contributed by atoms with Crippen LogP contribution in [0.25, 0.3) is 0 Å². The van der Waals surface area contributed by atoms with E-state index in [1.165, 1.54) is 45.2 Å². The Bertz CT molecular complexity index is 243. The van der Waals surface area contributed by atoms with Crippen LogP contribution in [-0.4, -0.2) is 37.1 Å². The van der Waals surface area contributed by atoms with Gasteiger partial charge >= 0.3 is 0 Å². The summed E-state index contributed by atoms with van der Waals surface area (Å²) in [6.45, 7) is 9.83. The van der Waals surface area contributed by atoms with Crippen molar-refractivity contribution in [3.05, 3.63) is 0 Å². The Balaban J connectivity index is 1.80. The molecule has 2 rings (SSSR count). The molecular formula is C16H32N2. The van der Waals surface area contributed by atoms with Crippen LogP contribution < -0.4 is 5.32 Å². The van der Waals surface area contributed by atoms with Gasteiger partial charge in [-0.1, -0.05) is 13.8 Å². The lowest BCUT2D eigenvalue weighted by atomic mass is 9.79. The zero-order valence-electron chi connectivity index (χ0n) is 12.8. The molecule has 2 nitrogen and oxygen atoms in total. The van der Waals surface area contributed by atoms with Gasteiger partial charge < -0.3 is 10.2 Å². The summed E-state index contributed by atoms with van der Waals surface area (Å²) in [4.78, 5) is 2.50. The standard InChI is InChI=1S/C16H32N2/c1-12-8-13(2)10-16(9-12)17-14(3)15-6-5-7-18(4)11-15/h12-17H,5-11H2,1-4H3. The van der Waals surface area contributed by atoms with Gasteiger partial charge in [-0.15, -0.1) is 0 Å². The minimum absolute atomic E-state index is 0.690. The molecule has 0 aromatic heterocycles. The fraction of sp³-hybridized carbons (Fsp3) is 1.00. The second kappa shape index (κ2) is 6.38. The smallest absolute Gasteiger partial charge is 0.00818 e. The van der Waals surface area contributed by atoms with Crippen LogP contribution in [0.1, 0.15) is 52.9 Å². The molecule has 1 heterocycles. The van der Waals surface area contributed by atoms with Gasteiger partial charge in [-0.3, -0.25) is 0 Å². The van der Waals surface area contributed by atoms with Crippen molar-refractivity contribution in [2.75, 3.05) is 20.1 Å². The van der Waals surface area contributed by atoms with E-state index in [-0.39, 0.29) is 0 Å². The van der Waals surface area contributed by atoms with Gasteiger partial charge in [0.2, 0.25) is 0 Å². The summed E-state index contributed by atoms with van der Waals surface area (Å²) in [5, 5.41) is 3.94. The summed E-state index contributed by atoms with van der Waals surface area (Å²) in [6.07, 6.45) is 6.99. The summed E-state index contributed by atoms with van der Waals surface area (Å²) in [6, 6.07) is 1.46. The fourth-order valence-corrected chi connectivity index (χ4v) is 4.21. The van der Waals surface area contributed by atoms with E-state index in [0.717, 1.165) is 23.8 Å². The molecule has 0 aromatic carbocycles. The molecule has 2 heteroatoms. The first kappa shape index (κ1) is 14.3. The lowest BCUT2D eigenvalue weighted by molar-refractivity contribution is 0.154. The third-order valence-electron chi connectivity index (χ3n) is 5.05. The molecule has 4 atom stereocenters. The number of nitrogens with one attached hydrogen (secondary N) is 1. The second-order valence-electron chi connectivity index (χ2n) is 7.23. The van der Waals surface area contributed by atoms with Crippen molar-refractivity contribution in [3.63, 3.8) is 0 Å². The first-order valence-electron chi connectivity index (χ1n) is 7.99. The lowest BCUT2D eigenvalue weighted by Gasteiger charge is -2.38. The van der Waals surface area contributed by atoms with E-state index < -0.39 is 0 Å². The first-order valence-corrected chi connectivity index (χ1v) is 7.99. The molecule has 106 valence electrons. The summed E-state index contributed by atoms with van der Waals surface area (Å²) in [5.41, 5.74) is 0. The van der Waals surface area contributed by atoms with Crippen LogP contribution >= 0.6 is 0 Å². The van der Waals surface area contributed by atoms with Crippen LogP contribution in [-0.2, 0) is 0 Å². The molecule has 1 aliphatic heterocycles. The molecule has 2 fully saturated rings. The average Bonchev–Trinajstić information content (AvgIpc) is 2.27. The Morgan fingerprint density at radius 1 is 1.11 bits per heavy atom. The van der Waals surface area contributed by atoms with Gasteiger partial charge in [0.25, 0.3) is 0 Å². The van der Waals surface area contributed by atoms with Crippen LogP contribution in [0.4, 0.5) is 0 Å². The minimum Gasteiger partial charge on any atom is -0.311 e. The Hall–Kier alpha value is -0.0800. The van der Waals surface area contributed by atoms with Crippen LogP contribution in [0.15, 0.2) is 0 Å². The van der Waals surface area contributed by atoms with Gasteiger partial charge in [0.15, 0.2) is 0 Å². The van der Waals surface area contributed by atoms with Crippen molar-refractivity contribution < 1.29 is 0 Å². The Morgan fingerprint density at radius 3 is 2.39 bits per heavy atom. The quantitative estimate of drug-likeness (QED) is 0.830. The van der Waals surface area contributed by atoms with Gasteiger partial charge in [0, 0.05) is 18.6 Å². The van der Waals surface area contributed by atoms with E-state index in [1.807, 2.05) is 0 Å². The van der Waals surface area contributed by atoms with E-state index in [1.54, 1.807) is 0 Å². The summed E-state index contributed by atoms with van der Waals surface area (Å²) >= 11 is 0. The summed E-state index contributed by atoms with van der Waals surface area (Å²) in [7, 11) is 2.27. The van der Waals surface area contributed by atoms with Crippen LogP contribution in [0, 0.1) is 17.8 Å². The molecular weight excluding hydrogens is 220 g/mol. The lowest BCUT2D eigenvalue weighted by Crippen LogP contribution is -2.48. The SMILES string of the molecule is CC1CC(C)CC(NC(C)C2CCCN(C)C2)C1. The zero-order valence-corrected chi connectivity index (χ0v) is 12.8. The van der Waals surface area contributed by atoms with E-state index in [4.69, 9.17) is 0 Å². The molecule has 1 aliphatic carbocycles. The van der Waals surface area contributed by atoms with E-state index in [0.29, 0.717) is 6.04 Å². The Labute approximate surface area is 114 Å². The van der Waals surface area contributed by atoms with E-state index in [2.05, 4.69) is 38.0 Å². The van der Waals surface area contributed by atoms with Crippen molar-refractivity contribution >= 4 is 0 Å². The van der Waals surface area contributed by atoms with E-state index in [9.17, 15) is 0 Å². The molecule has 0 amide bonds. The summed E-state index contributed by atoms with van der Waals surface area (Å²) in [5.74, 6) is 2.68. The number of likely N-dealkylation sites (tertiary alicyclic amines) is 1. The van der Waals surface area contributed by atoms with Gasteiger partial charge in [0.1, 0.15) is 0 Å². The number of piperidine rings is 1. The first-order chi connectivity index (χ1) is 8.54. The highest BCUT2D eigenvalue weighted by atomic mass is 15.1. The third kappa shape index (κ3) is 3.96. The molecule has 1 saturated heterocycles. The van der Waals surface area contributed by atoms with Crippen molar-refractivity contribution in [2.45, 2.75) is 65.0 Å². The van der Waals surface area contributed by atoms with Crippen molar-refractivity contribution in [3.8, 4) is 0 Å². The summed E-state index contributed by atoms with van der Waals surface area (Å²) < 4.78 is 0. The molecule has 1 N–H and O–H groups in total.